The van der Waals surface area contributed by atoms with Gasteiger partial charge in [0.05, 0.1) is 17.7 Å². The molecule has 2 N–H and O–H groups in total. The summed E-state index contributed by atoms with van der Waals surface area (Å²) < 4.78 is 4.94. The maximum Gasteiger partial charge on any atom is 0.338 e. The number of benzene rings is 1. The molecule has 0 spiro atoms. The fraction of sp³-hybridized carbons (Fsp3) is 0.412. The summed E-state index contributed by atoms with van der Waals surface area (Å²) in [4.78, 5) is 11.6. The molecule has 1 aromatic rings. The standard InChI is InChI=1S/C17H22N2O2S/c1-5-17(6-2,7-3)19-16(22)18-14-11-9-13(10-12-14)15(20)21-8-4/h1,9-12H,6-8H2,2-4H3,(H2,18,19,22). The lowest BCUT2D eigenvalue weighted by molar-refractivity contribution is 0.0526. The molecule has 0 heterocycles. The van der Waals surface area contributed by atoms with Crippen molar-refractivity contribution in [2.24, 2.45) is 0 Å². The third-order valence-corrected chi connectivity index (χ3v) is 3.69. The molecule has 1 aromatic carbocycles. The molecular formula is C17H22N2O2S. The van der Waals surface area contributed by atoms with Crippen LogP contribution in [0.3, 0.4) is 0 Å². The number of esters is 1. The number of thiocarbonyl (C=S) groups is 1. The zero-order valence-electron chi connectivity index (χ0n) is 13.2. The number of anilines is 1. The van der Waals surface area contributed by atoms with Gasteiger partial charge in [0.15, 0.2) is 5.11 Å². The third-order valence-electron chi connectivity index (χ3n) is 3.49. The van der Waals surface area contributed by atoms with E-state index in [4.69, 9.17) is 23.4 Å². The maximum absolute atomic E-state index is 11.6. The molecule has 0 bridgehead atoms. The molecule has 0 aromatic heterocycles. The van der Waals surface area contributed by atoms with Crippen molar-refractivity contribution in [2.45, 2.75) is 39.2 Å². The summed E-state index contributed by atoms with van der Waals surface area (Å²) in [5, 5.41) is 6.71. The van der Waals surface area contributed by atoms with Crippen LogP contribution in [0.25, 0.3) is 0 Å². The zero-order valence-corrected chi connectivity index (χ0v) is 14.0. The van der Waals surface area contributed by atoms with E-state index in [-0.39, 0.29) is 5.97 Å². The zero-order chi connectivity index (χ0) is 16.6. The first-order valence-corrected chi connectivity index (χ1v) is 7.75. The van der Waals surface area contributed by atoms with Gasteiger partial charge >= 0.3 is 5.97 Å². The highest BCUT2D eigenvalue weighted by Crippen LogP contribution is 2.15. The quantitative estimate of drug-likeness (QED) is 0.479. The van der Waals surface area contributed by atoms with E-state index >= 15 is 0 Å². The van der Waals surface area contributed by atoms with E-state index in [0.717, 1.165) is 18.5 Å². The molecule has 0 unspecified atom stereocenters. The molecule has 4 nitrogen and oxygen atoms in total. The van der Waals surface area contributed by atoms with Crippen LogP contribution in [0, 0.1) is 12.3 Å². The average Bonchev–Trinajstić information content (AvgIpc) is 2.53. The number of carbonyl (C=O) groups is 1. The highest BCUT2D eigenvalue weighted by atomic mass is 32.1. The maximum atomic E-state index is 11.6. The van der Waals surface area contributed by atoms with Crippen LogP contribution in [-0.4, -0.2) is 23.2 Å². The molecule has 0 aliphatic heterocycles. The molecule has 22 heavy (non-hydrogen) atoms. The topological polar surface area (TPSA) is 50.4 Å². The van der Waals surface area contributed by atoms with Crippen LogP contribution in [0.2, 0.25) is 0 Å². The van der Waals surface area contributed by atoms with Gasteiger partial charge in [0.2, 0.25) is 0 Å². The lowest BCUT2D eigenvalue weighted by Gasteiger charge is -2.28. The van der Waals surface area contributed by atoms with E-state index in [1.54, 1.807) is 31.2 Å². The predicted octanol–water partition coefficient (Wildman–Crippen LogP) is 3.34. The molecule has 0 aliphatic rings. The molecule has 0 amide bonds. The van der Waals surface area contributed by atoms with Crippen molar-refractivity contribution < 1.29 is 9.53 Å². The summed E-state index contributed by atoms with van der Waals surface area (Å²) in [6, 6.07) is 6.93. The van der Waals surface area contributed by atoms with Gasteiger partial charge in [-0.3, -0.25) is 0 Å². The number of terminal acetylenes is 1. The smallest absolute Gasteiger partial charge is 0.338 e. The van der Waals surface area contributed by atoms with Crippen LogP contribution in [-0.2, 0) is 4.74 Å². The fourth-order valence-electron chi connectivity index (χ4n) is 1.95. The van der Waals surface area contributed by atoms with E-state index in [9.17, 15) is 4.79 Å². The van der Waals surface area contributed by atoms with Crippen LogP contribution in [0.4, 0.5) is 5.69 Å². The molecule has 0 radical (unpaired) electrons. The molecule has 0 saturated carbocycles. The summed E-state index contributed by atoms with van der Waals surface area (Å²) in [7, 11) is 0. The van der Waals surface area contributed by atoms with Crippen LogP contribution in [0.15, 0.2) is 24.3 Å². The molecule has 0 atom stereocenters. The Hall–Kier alpha value is -2.06. The number of ether oxygens (including phenoxy) is 1. The van der Waals surface area contributed by atoms with E-state index in [1.807, 2.05) is 13.8 Å². The van der Waals surface area contributed by atoms with Crippen molar-refractivity contribution in [3.63, 3.8) is 0 Å². The minimum absolute atomic E-state index is 0.335. The first-order valence-electron chi connectivity index (χ1n) is 7.34. The summed E-state index contributed by atoms with van der Waals surface area (Å²) in [5.74, 6) is 2.43. The van der Waals surface area contributed by atoms with Crippen molar-refractivity contribution in [3.05, 3.63) is 29.8 Å². The molecule has 0 saturated heterocycles. The molecular weight excluding hydrogens is 296 g/mol. The van der Waals surface area contributed by atoms with Crippen molar-refractivity contribution in [1.29, 1.82) is 0 Å². The lowest BCUT2D eigenvalue weighted by Crippen LogP contribution is -2.48. The Kier molecular flexibility index (Phi) is 6.87. The van der Waals surface area contributed by atoms with E-state index in [2.05, 4.69) is 16.6 Å². The van der Waals surface area contributed by atoms with Crippen molar-refractivity contribution in [1.82, 2.24) is 5.32 Å². The van der Waals surface area contributed by atoms with Crippen LogP contribution < -0.4 is 10.6 Å². The predicted molar refractivity (Wildman–Crippen MR) is 93.9 cm³/mol. The normalized spacial score (nSPS) is 10.5. The summed E-state index contributed by atoms with van der Waals surface area (Å²) in [5.41, 5.74) is 0.852. The molecule has 0 fully saturated rings. The van der Waals surface area contributed by atoms with Gasteiger partial charge in [-0.15, -0.1) is 6.42 Å². The summed E-state index contributed by atoms with van der Waals surface area (Å²) in [6.07, 6.45) is 7.16. The highest BCUT2D eigenvalue weighted by molar-refractivity contribution is 7.80. The van der Waals surface area contributed by atoms with Gasteiger partial charge in [-0.05, 0) is 56.2 Å². The van der Waals surface area contributed by atoms with Gasteiger partial charge in [-0.2, -0.15) is 0 Å². The van der Waals surface area contributed by atoms with Crippen molar-refractivity contribution in [3.8, 4) is 12.3 Å². The van der Waals surface area contributed by atoms with Gasteiger partial charge in [0.1, 0.15) is 0 Å². The minimum Gasteiger partial charge on any atom is -0.462 e. The average molecular weight is 318 g/mol. The van der Waals surface area contributed by atoms with Gasteiger partial charge in [0, 0.05) is 5.69 Å². The summed E-state index contributed by atoms with van der Waals surface area (Å²) >= 11 is 5.30. The second-order valence-corrected chi connectivity index (χ2v) is 5.22. The Balaban J connectivity index is 2.69. The monoisotopic (exact) mass is 318 g/mol. The minimum atomic E-state index is -0.436. The first-order chi connectivity index (χ1) is 10.5. The van der Waals surface area contributed by atoms with Gasteiger partial charge in [-0.25, -0.2) is 4.79 Å². The van der Waals surface area contributed by atoms with Crippen molar-refractivity contribution >= 4 is 29.0 Å². The Bertz CT molecular complexity index is 557. The first kappa shape index (κ1) is 18.0. The van der Waals surface area contributed by atoms with E-state index in [1.165, 1.54) is 0 Å². The third kappa shape index (κ3) is 4.74. The Morgan fingerprint density at radius 1 is 1.27 bits per heavy atom. The Morgan fingerprint density at radius 2 is 1.86 bits per heavy atom. The second-order valence-electron chi connectivity index (χ2n) is 4.81. The van der Waals surface area contributed by atoms with Crippen molar-refractivity contribution in [2.75, 3.05) is 11.9 Å². The molecule has 118 valence electrons. The van der Waals surface area contributed by atoms with Gasteiger partial charge in [0.25, 0.3) is 0 Å². The van der Waals surface area contributed by atoms with E-state index < -0.39 is 5.54 Å². The number of hydrogen-bond donors (Lipinski definition) is 2. The SMILES string of the molecule is C#CC(CC)(CC)NC(=S)Nc1ccc(C(=O)OCC)cc1. The number of carbonyl (C=O) groups excluding carboxylic acids is 1. The van der Waals surface area contributed by atoms with Crippen LogP contribution in [0.5, 0.6) is 0 Å². The number of rotatable bonds is 6. The highest BCUT2D eigenvalue weighted by Gasteiger charge is 2.23. The second kappa shape index (κ2) is 8.40. The molecule has 5 heteroatoms. The fourth-order valence-corrected chi connectivity index (χ4v) is 2.26. The van der Waals surface area contributed by atoms with Gasteiger partial charge < -0.3 is 15.4 Å². The van der Waals surface area contributed by atoms with Crippen LogP contribution in [0.1, 0.15) is 44.0 Å². The summed E-state index contributed by atoms with van der Waals surface area (Å²) in [6.45, 7) is 6.17. The largest absolute Gasteiger partial charge is 0.462 e. The van der Waals surface area contributed by atoms with E-state index in [0.29, 0.717) is 17.3 Å². The number of nitrogens with one attached hydrogen (secondary N) is 2. The molecule has 1 rings (SSSR count). The Morgan fingerprint density at radius 3 is 2.32 bits per heavy atom. The Labute approximate surface area is 137 Å². The number of hydrogen-bond acceptors (Lipinski definition) is 3. The van der Waals surface area contributed by atoms with Crippen LogP contribution >= 0.6 is 12.2 Å². The molecule has 0 aliphatic carbocycles. The van der Waals surface area contributed by atoms with Gasteiger partial charge in [-0.1, -0.05) is 19.8 Å². The lowest BCUT2D eigenvalue weighted by atomic mass is 9.94.